The van der Waals surface area contributed by atoms with Crippen molar-refractivity contribution in [2.75, 3.05) is 0 Å². The van der Waals surface area contributed by atoms with Gasteiger partial charge in [-0.2, -0.15) is 10.5 Å². The molecule has 0 radical (unpaired) electrons. The Kier molecular flexibility index (Phi) is 13.9. The maximum absolute atomic E-state index is 9.32. The number of hydrogen-bond donors (Lipinski definition) is 0. The fourth-order valence-electron chi connectivity index (χ4n) is 16.5. The number of nitrogens with zero attached hydrogens (tertiary/aromatic N) is 6. The normalized spacial score (nSPS) is 11.6. The van der Waals surface area contributed by atoms with E-state index in [9.17, 15) is 10.5 Å². The maximum Gasteiger partial charge on any atom is 0.0991 e. The van der Waals surface area contributed by atoms with Crippen molar-refractivity contribution in [3.05, 3.63) is 375 Å². The van der Waals surface area contributed by atoms with Crippen LogP contribution in [0.25, 0.3) is 187 Å². The molecule has 4 aromatic heterocycles. The molecular formula is C98H60N6. The Morgan fingerprint density at radius 2 is 0.413 bits per heavy atom. The lowest BCUT2D eigenvalue weighted by atomic mass is 9.94. The van der Waals surface area contributed by atoms with Crippen molar-refractivity contribution < 1.29 is 0 Å². The summed E-state index contributed by atoms with van der Waals surface area (Å²) < 4.78 is 9.52. The van der Waals surface area contributed by atoms with Gasteiger partial charge in [0.25, 0.3) is 0 Å². The molecule has 0 saturated heterocycles. The van der Waals surface area contributed by atoms with E-state index in [1.54, 1.807) is 0 Å². The number of hydrogen-bond acceptors (Lipinski definition) is 2. The minimum atomic E-state index is 0.663. The summed E-state index contributed by atoms with van der Waals surface area (Å²) in [7, 11) is 0. The van der Waals surface area contributed by atoms with Crippen molar-refractivity contribution in [3.63, 3.8) is 0 Å². The average molecular weight is 1320 g/mol. The molecule has 0 atom stereocenters. The van der Waals surface area contributed by atoms with Gasteiger partial charge in [-0.1, -0.05) is 218 Å². The van der Waals surface area contributed by atoms with E-state index in [1.165, 1.54) is 142 Å². The summed E-state index contributed by atoms with van der Waals surface area (Å²) in [5.74, 6) is 0. The number of para-hydroxylation sites is 5. The van der Waals surface area contributed by atoms with E-state index in [-0.39, 0.29) is 0 Å². The van der Waals surface area contributed by atoms with Crippen molar-refractivity contribution in [1.82, 2.24) is 18.3 Å². The summed E-state index contributed by atoms with van der Waals surface area (Å²) in [6, 6.07) is 135. The number of aromatic nitrogens is 4. The van der Waals surface area contributed by atoms with Crippen molar-refractivity contribution in [1.29, 1.82) is 10.5 Å². The van der Waals surface area contributed by atoms with Crippen LogP contribution >= 0.6 is 0 Å². The van der Waals surface area contributed by atoms with Crippen LogP contribution in [0.5, 0.6) is 0 Å². The van der Waals surface area contributed by atoms with Crippen LogP contribution in [-0.4, -0.2) is 18.3 Å². The van der Waals surface area contributed by atoms with E-state index in [0.29, 0.717) is 11.1 Å². The molecule has 0 spiro atoms. The number of fused-ring (bicyclic) bond motifs is 18. The first kappa shape index (κ1) is 59.7. The smallest absolute Gasteiger partial charge is 0.0991 e. The van der Waals surface area contributed by atoms with Crippen molar-refractivity contribution in [2.24, 2.45) is 0 Å². The van der Waals surface area contributed by atoms with Gasteiger partial charge >= 0.3 is 0 Å². The van der Waals surface area contributed by atoms with Crippen LogP contribution in [0.15, 0.2) is 364 Å². The molecule has 0 fully saturated rings. The maximum atomic E-state index is 9.32. The van der Waals surface area contributed by atoms with E-state index in [2.05, 4.69) is 346 Å². The summed E-state index contributed by atoms with van der Waals surface area (Å²) in [5, 5.41) is 36.1. The largest absolute Gasteiger partial charge is 0.309 e. The molecule has 482 valence electrons. The average Bonchev–Trinajstić information content (AvgIpc) is 1.35. The van der Waals surface area contributed by atoms with Crippen LogP contribution in [0, 0.1) is 22.7 Å². The van der Waals surface area contributed by atoms with Gasteiger partial charge in [-0.25, -0.2) is 0 Å². The zero-order valence-electron chi connectivity index (χ0n) is 56.3. The van der Waals surface area contributed by atoms with Gasteiger partial charge in [-0.3, -0.25) is 0 Å². The van der Waals surface area contributed by atoms with Crippen LogP contribution in [0.1, 0.15) is 11.1 Å². The molecule has 21 rings (SSSR count). The molecule has 0 aliphatic carbocycles. The zero-order chi connectivity index (χ0) is 68.9. The molecule has 0 aliphatic rings. The summed E-state index contributed by atoms with van der Waals surface area (Å²) in [6.07, 6.45) is 0. The molecule has 0 aliphatic heterocycles. The second kappa shape index (κ2) is 24.3. The molecule has 0 saturated carbocycles. The Balaban J connectivity index is 0.000000142. The quantitative estimate of drug-likeness (QED) is 0.142. The Morgan fingerprint density at radius 3 is 0.769 bits per heavy atom. The van der Waals surface area contributed by atoms with Crippen LogP contribution < -0.4 is 0 Å². The van der Waals surface area contributed by atoms with Crippen molar-refractivity contribution in [3.8, 4) is 79.4 Å². The highest BCUT2D eigenvalue weighted by Gasteiger charge is 2.21. The predicted octanol–water partition coefficient (Wildman–Crippen LogP) is 25.6. The third-order valence-corrected chi connectivity index (χ3v) is 21.3. The zero-order valence-corrected chi connectivity index (χ0v) is 56.3. The molecule has 4 heterocycles. The molecule has 0 bridgehead atoms. The third kappa shape index (κ3) is 9.70. The third-order valence-electron chi connectivity index (χ3n) is 21.3. The lowest BCUT2D eigenvalue weighted by molar-refractivity contribution is 1.18. The van der Waals surface area contributed by atoms with Crippen LogP contribution in [0.3, 0.4) is 0 Å². The first-order valence-electron chi connectivity index (χ1n) is 35.2. The fourth-order valence-corrected chi connectivity index (χ4v) is 16.5. The highest BCUT2D eigenvalue weighted by Crippen LogP contribution is 2.44. The molecular weight excluding hydrogens is 1260 g/mol. The highest BCUT2D eigenvalue weighted by atomic mass is 15.0. The van der Waals surface area contributed by atoms with E-state index in [4.69, 9.17) is 0 Å². The topological polar surface area (TPSA) is 67.3 Å². The summed E-state index contributed by atoms with van der Waals surface area (Å²) in [6.45, 7) is 0. The van der Waals surface area contributed by atoms with Gasteiger partial charge < -0.3 is 18.3 Å². The van der Waals surface area contributed by atoms with Crippen LogP contribution in [0.4, 0.5) is 0 Å². The molecule has 0 amide bonds. The summed E-state index contributed by atoms with van der Waals surface area (Å²) in [4.78, 5) is 0. The number of benzene rings is 17. The van der Waals surface area contributed by atoms with E-state index in [1.807, 2.05) is 48.5 Å². The summed E-state index contributed by atoms with van der Waals surface area (Å²) in [5.41, 5.74) is 24.5. The highest BCUT2D eigenvalue weighted by molar-refractivity contribution is 6.26. The fraction of sp³-hybridized carbons (Fsp3) is 0. The van der Waals surface area contributed by atoms with Gasteiger partial charge in [-0.15, -0.1) is 0 Å². The number of nitriles is 2. The van der Waals surface area contributed by atoms with E-state index >= 15 is 0 Å². The second-order valence-electron chi connectivity index (χ2n) is 27.0. The lowest BCUT2D eigenvalue weighted by Crippen LogP contribution is -1.95. The first-order chi connectivity index (χ1) is 51.5. The Labute approximate surface area is 599 Å². The van der Waals surface area contributed by atoms with Crippen LogP contribution in [0.2, 0.25) is 0 Å². The minimum absolute atomic E-state index is 0.663. The monoisotopic (exact) mass is 1320 g/mol. The number of rotatable bonds is 8. The molecule has 17 aromatic carbocycles. The van der Waals surface area contributed by atoms with Gasteiger partial charge in [0, 0.05) is 65.8 Å². The Bertz CT molecular complexity index is 7130. The molecule has 6 heteroatoms. The van der Waals surface area contributed by atoms with E-state index < -0.39 is 0 Å². The van der Waals surface area contributed by atoms with Gasteiger partial charge in [0.15, 0.2) is 0 Å². The van der Waals surface area contributed by atoms with Crippen molar-refractivity contribution >= 4 is 120 Å². The molecule has 104 heavy (non-hydrogen) atoms. The predicted molar refractivity (Wildman–Crippen MR) is 434 cm³/mol. The molecule has 0 unspecified atom stereocenters. The van der Waals surface area contributed by atoms with Gasteiger partial charge in [0.2, 0.25) is 0 Å². The van der Waals surface area contributed by atoms with Gasteiger partial charge in [0.1, 0.15) is 0 Å². The minimum Gasteiger partial charge on any atom is -0.309 e. The van der Waals surface area contributed by atoms with Crippen molar-refractivity contribution in [2.45, 2.75) is 0 Å². The second-order valence-corrected chi connectivity index (χ2v) is 27.0. The van der Waals surface area contributed by atoms with Gasteiger partial charge in [-0.05, 0) is 222 Å². The summed E-state index contributed by atoms with van der Waals surface area (Å²) >= 11 is 0. The Hall–Kier alpha value is -14.3. The first-order valence-corrected chi connectivity index (χ1v) is 35.2. The standard InChI is InChI=1S/C55H33N3.C43H27N3/c56-34-35-20-22-36(23-21-35)37-10-9-11-40(30-37)57-52-18-7-5-16-47(52)50-31-38(24-28-54(50)57)39-25-29-55-51(32-39)48-17-6-8-19-53(48)58(55)41-26-27-46-44-14-2-1-12-42(44)43-13-3-4-15-45(43)49(46)33-41;44-28-29-17-19-30(20-18-29)31-9-8-12-35(25-31)46-41-16-7-5-14-37(41)39-27-33(22-24-43(39)46)32-21-23-42-38(26-32)36-13-4-6-15-40(36)45(42)34-10-2-1-3-11-34/h1-33H;1-27H. The Morgan fingerprint density at radius 1 is 0.154 bits per heavy atom. The molecule has 21 aromatic rings. The SMILES string of the molecule is N#Cc1ccc(-c2cccc(-n3c4ccccc4c4cc(-c5ccc6c(c5)c5ccccc5n6-c5ccc6c7ccccc7c7ccccc7c6c5)ccc43)c2)cc1.N#Cc1ccc(-c2cccc(-n3c4ccccc4c4cc(-c5ccc6c(c5)c5ccccc5n6-c5ccccc5)ccc43)c2)cc1. The molecule has 6 nitrogen and oxygen atoms in total. The van der Waals surface area contributed by atoms with Crippen LogP contribution in [-0.2, 0) is 0 Å². The molecule has 0 N–H and O–H groups in total. The van der Waals surface area contributed by atoms with E-state index in [0.717, 1.165) is 44.8 Å². The lowest BCUT2D eigenvalue weighted by Gasteiger charge is -2.14. The van der Waals surface area contributed by atoms with Gasteiger partial charge in [0.05, 0.1) is 67.4 Å².